The number of ether oxygens (including phenoxy) is 2. The number of para-hydroxylation sites is 4. The zero-order valence-electron chi connectivity index (χ0n) is 25.1. The third-order valence-electron chi connectivity index (χ3n) is 6.22. The zero-order valence-corrected chi connectivity index (χ0v) is 28.1. The third kappa shape index (κ3) is 11.7. The number of esters is 2. The summed E-state index contributed by atoms with van der Waals surface area (Å²) < 4.78 is 10.1. The molecule has 0 spiro atoms. The molecule has 46 heavy (non-hydrogen) atoms. The standard InChI is InChI=1S/2C17H17Cl2NO3/c1-11(21)10-23-16(22)9-12-5-2-3-8-15(12)20-17-13(18)6-4-7-14(17)19;1-11(10-21)23-16(22)9-12-5-2-3-8-15(12)20-17-13(18)6-4-7-14(17)19/h2*2-8,11,20-21H,9-10H2,1H3. The summed E-state index contributed by atoms with van der Waals surface area (Å²) in [5.41, 5.74) is 4.10. The van der Waals surface area contributed by atoms with E-state index < -0.39 is 24.1 Å². The summed E-state index contributed by atoms with van der Waals surface area (Å²) >= 11 is 24.6. The summed E-state index contributed by atoms with van der Waals surface area (Å²) in [4.78, 5) is 23.7. The molecule has 0 aromatic heterocycles. The molecule has 4 N–H and O–H groups in total. The number of carbonyl (C=O) groups excluding carboxylic acids is 2. The highest BCUT2D eigenvalue weighted by molar-refractivity contribution is 6.39. The summed E-state index contributed by atoms with van der Waals surface area (Å²) in [6.07, 6.45) is -1.05. The Morgan fingerprint density at radius 3 is 1.50 bits per heavy atom. The minimum Gasteiger partial charge on any atom is -0.463 e. The number of benzene rings is 4. The maximum atomic E-state index is 11.9. The Morgan fingerprint density at radius 2 is 1.09 bits per heavy atom. The molecular weight excluding hydrogens is 674 g/mol. The first-order valence-electron chi connectivity index (χ1n) is 14.2. The molecule has 4 aromatic rings. The Morgan fingerprint density at radius 1 is 0.674 bits per heavy atom. The predicted octanol–water partition coefficient (Wildman–Crippen LogP) is 8.41. The minimum atomic E-state index is -0.686. The van der Waals surface area contributed by atoms with Crippen molar-refractivity contribution >= 4 is 81.1 Å². The van der Waals surface area contributed by atoms with E-state index in [0.29, 0.717) is 31.5 Å². The maximum absolute atomic E-state index is 11.9. The van der Waals surface area contributed by atoms with Gasteiger partial charge in [-0.1, -0.05) is 94.9 Å². The first-order chi connectivity index (χ1) is 22.0. The molecule has 0 heterocycles. The van der Waals surface area contributed by atoms with E-state index in [4.69, 9.17) is 66.1 Å². The fourth-order valence-electron chi connectivity index (χ4n) is 3.98. The molecule has 244 valence electrons. The van der Waals surface area contributed by atoms with Gasteiger partial charge in [0.2, 0.25) is 0 Å². The fourth-order valence-corrected chi connectivity index (χ4v) is 4.96. The van der Waals surface area contributed by atoms with Crippen LogP contribution in [0.15, 0.2) is 84.9 Å². The van der Waals surface area contributed by atoms with Crippen LogP contribution in [0.4, 0.5) is 22.7 Å². The molecule has 0 bridgehead atoms. The SMILES string of the molecule is CC(CO)OC(=O)Cc1ccccc1Nc1c(Cl)cccc1Cl.CC(O)COC(=O)Cc1ccccc1Nc1c(Cl)cccc1Cl. The van der Waals surface area contributed by atoms with Gasteiger partial charge in [-0.15, -0.1) is 0 Å². The van der Waals surface area contributed by atoms with Crippen LogP contribution in [0.2, 0.25) is 20.1 Å². The Bertz CT molecular complexity index is 1580. The number of hydrogen-bond donors (Lipinski definition) is 4. The van der Waals surface area contributed by atoms with Crippen molar-refractivity contribution in [2.75, 3.05) is 23.8 Å². The van der Waals surface area contributed by atoms with E-state index in [1.54, 1.807) is 50.2 Å². The fraction of sp³-hybridized carbons (Fsp3) is 0.235. The highest BCUT2D eigenvalue weighted by Crippen LogP contribution is 2.35. The van der Waals surface area contributed by atoms with Gasteiger partial charge in [-0.2, -0.15) is 0 Å². The molecule has 12 heteroatoms. The average molecular weight is 708 g/mol. The molecule has 0 aliphatic heterocycles. The average Bonchev–Trinajstić information content (AvgIpc) is 3.01. The van der Waals surface area contributed by atoms with Crippen molar-refractivity contribution in [3.05, 3.63) is 116 Å². The molecule has 2 unspecified atom stereocenters. The Hall–Kier alpha value is -3.50. The van der Waals surface area contributed by atoms with Crippen molar-refractivity contribution in [2.45, 2.75) is 38.9 Å². The second kappa shape index (κ2) is 18.6. The van der Waals surface area contributed by atoms with Crippen molar-refractivity contribution in [3.63, 3.8) is 0 Å². The van der Waals surface area contributed by atoms with Gasteiger partial charge in [0.15, 0.2) is 0 Å². The van der Waals surface area contributed by atoms with Crippen molar-refractivity contribution in [2.24, 2.45) is 0 Å². The highest BCUT2D eigenvalue weighted by Gasteiger charge is 2.15. The zero-order chi connectivity index (χ0) is 33.6. The van der Waals surface area contributed by atoms with Gasteiger partial charge < -0.3 is 30.3 Å². The Labute approximate surface area is 288 Å². The molecule has 2 atom stereocenters. The second-order valence-corrected chi connectivity index (χ2v) is 11.8. The van der Waals surface area contributed by atoms with E-state index in [9.17, 15) is 9.59 Å². The number of aliphatic hydroxyl groups excluding tert-OH is 2. The van der Waals surface area contributed by atoms with E-state index >= 15 is 0 Å². The van der Waals surface area contributed by atoms with Gasteiger partial charge in [0.05, 0.1) is 57.0 Å². The van der Waals surface area contributed by atoms with Crippen molar-refractivity contribution < 1.29 is 29.3 Å². The number of halogens is 4. The van der Waals surface area contributed by atoms with Crippen LogP contribution in [0, 0.1) is 0 Å². The molecule has 0 fully saturated rings. The molecule has 0 saturated heterocycles. The number of anilines is 4. The van der Waals surface area contributed by atoms with Crippen LogP contribution in [0.1, 0.15) is 25.0 Å². The summed E-state index contributed by atoms with van der Waals surface area (Å²) in [6, 6.07) is 25.1. The largest absolute Gasteiger partial charge is 0.463 e. The molecule has 8 nitrogen and oxygen atoms in total. The first kappa shape index (κ1) is 37.0. The lowest BCUT2D eigenvalue weighted by atomic mass is 10.1. The van der Waals surface area contributed by atoms with Gasteiger partial charge in [0.25, 0.3) is 0 Å². The van der Waals surface area contributed by atoms with Gasteiger partial charge in [0.1, 0.15) is 12.7 Å². The lowest BCUT2D eigenvalue weighted by Crippen LogP contribution is -2.20. The smallest absolute Gasteiger partial charge is 0.310 e. The number of nitrogens with one attached hydrogen (secondary N) is 2. The van der Waals surface area contributed by atoms with Crippen LogP contribution in [-0.4, -0.2) is 47.6 Å². The molecule has 4 rings (SSSR count). The topological polar surface area (TPSA) is 117 Å². The van der Waals surface area contributed by atoms with E-state index in [1.165, 1.54) is 0 Å². The van der Waals surface area contributed by atoms with Crippen LogP contribution in [0.25, 0.3) is 0 Å². The molecule has 0 saturated carbocycles. The van der Waals surface area contributed by atoms with Crippen LogP contribution >= 0.6 is 46.4 Å². The summed E-state index contributed by atoms with van der Waals surface area (Å²) in [7, 11) is 0. The maximum Gasteiger partial charge on any atom is 0.310 e. The first-order valence-corrected chi connectivity index (χ1v) is 15.7. The Kier molecular flexibility index (Phi) is 14.9. The second-order valence-electron chi connectivity index (χ2n) is 10.1. The van der Waals surface area contributed by atoms with Crippen molar-refractivity contribution in [1.82, 2.24) is 0 Å². The van der Waals surface area contributed by atoms with Gasteiger partial charge in [0, 0.05) is 11.4 Å². The van der Waals surface area contributed by atoms with Gasteiger partial charge in [-0.3, -0.25) is 9.59 Å². The monoisotopic (exact) mass is 706 g/mol. The molecule has 0 radical (unpaired) electrons. The molecule has 0 aliphatic rings. The molecule has 4 aromatic carbocycles. The summed E-state index contributed by atoms with van der Waals surface area (Å²) in [6.45, 7) is 2.96. The van der Waals surface area contributed by atoms with Gasteiger partial charge in [-0.25, -0.2) is 0 Å². The van der Waals surface area contributed by atoms with Crippen LogP contribution < -0.4 is 10.6 Å². The number of hydrogen-bond acceptors (Lipinski definition) is 8. The van der Waals surface area contributed by atoms with E-state index in [-0.39, 0.29) is 26.1 Å². The molecule has 0 amide bonds. The number of aliphatic hydroxyl groups is 2. The van der Waals surface area contributed by atoms with Crippen molar-refractivity contribution in [1.29, 1.82) is 0 Å². The van der Waals surface area contributed by atoms with Crippen LogP contribution in [0.5, 0.6) is 0 Å². The van der Waals surface area contributed by atoms with Crippen molar-refractivity contribution in [3.8, 4) is 0 Å². The lowest BCUT2D eigenvalue weighted by Gasteiger charge is -2.15. The quantitative estimate of drug-likeness (QED) is 0.109. The predicted molar refractivity (Wildman–Crippen MR) is 185 cm³/mol. The van der Waals surface area contributed by atoms with Crippen LogP contribution in [-0.2, 0) is 31.9 Å². The summed E-state index contributed by atoms with van der Waals surface area (Å²) in [5.74, 6) is -0.823. The highest BCUT2D eigenvalue weighted by atomic mass is 35.5. The molecule has 0 aliphatic carbocycles. The normalized spacial score (nSPS) is 11.8. The molecular formula is C34H34Cl4N2O6. The van der Waals surface area contributed by atoms with Crippen LogP contribution in [0.3, 0.4) is 0 Å². The third-order valence-corrected chi connectivity index (χ3v) is 7.48. The lowest BCUT2D eigenvalue weighted by molar-refractivity contribution is -0.149. The van der Waals surface area contributed by atoms with Gasteiger partial charge in [-0.05, 0) is 61.4 Å². The van der Waals surface area contributed by atoms with E-state index in [1.807, 2.05) is 48.5 Å². The summed E-state index contributed by atoms with van der Waals surface area (Å²) in [5, 5.41) is 26.4. The van der Waals surface area contributed by atoms with E-state index in [2.05, 4.69) is 10.6 Å². The Balaban J connectivity index is 0.000000250. The number of rotatable bonds is 12. The number of carbonyl (C=O) groups is 2. The van der Waals surface area contributed by atoms with Gasteiger partial charge >= 0.3 is 11.9 Å². The minimum absolute atomic E-state index is 0.0230. The van der Waals surface area contributed by atoms with E-state index in [0.717, 1.165) is 22.5 Å².